The number of hydrogen-bond donors (Lipinski definition) is 2. The third-order valence-corrected chi connectivity index (χ3v) is 4.46. The minimum absolute atomic E-state index is 0.191. The summed E-state index contributed by atoms with van der Waals surface area (Å²) in [6.07, 6.45) is 5.55. The van der Waals surface area contributed by atoms with Crippen molar-refractivity contribution >= 4 is 5.97 Å². The van der Waals surface area contributed by atoms with E-state index in [2.05, 4.69) is 0 Å². The van der Waals surface area contributed by atoms with Gasteiger partial charge in [0.2, 0.25) is 0 Å². The van der Waals surface area contributed by atoms with Gasteiger partial charge in [-0.05, 0) is 31.6 Å². The Hall–Kier alpha value is -0.610. The summed E-state index contributed by atoms with van der Waals surface area (Å²) in [6, 6.07) is 0. The quantitative estimate of drug-likeness (QED) is 0.642. The highest BCUT2D eigenvalue weighted by molar-refractivity contribution is 5.66. The molecule has 0 radical (unpaired) electrons. The van der Waals surface area contributed by atoms with E-state index in [9.17, 15) is 4.79 Å². The summed E-state index contributed by atoms with van der Waals surface area (Å²) in [6.45, 7) is 1.48. The van der Waals surface area contributed by atoms with E-state index in [1.165, 1.54) is 6.92 Å². The molecule has 4 bridgehead atoms. The zero-order chi connectivity index (χ0) is 11.6. The standard InChI is InChI=1S/C12H20N2O2/c1-8(15)16-12-4-9-2-10(13,6-12)5-11(14,3-9)7-12/h9H,2-7,13-14H2,1H3. The normalized spacial score (nSPS) is 54.1. The van der Waals surface area contributed by atoms with E-state index < -0.39 is 0 Å². The molecule has 90 valence electrons. The first kappa shape index (κ1) is 10.5. The van der Waals surface area contributed by atoms with Crippen molar-refractivity contribution in [1.82, 2.24) is 0 Å². The molecule has 0 aromatic rings. The molecule has 4 fully saturated rings. The maximum absolute atomic E-state index is 11.2. The molecule has 4 saturated carbocycles. The molecular weight excluding hydrogens is 204 g/mol. The van der Waals surface area contributed by atoms with Gasteiger partial charge in [0.25, 0.3) is 0 Å². The Morgan fingerprint density at radius 3 is 2.12 bits per heavy atom. The van der Waals surface area contributed by atoms with Crippen LogP contribution in [0.15, 0.2) is 0 Å². The molecule has 0 saturated heterocycles. The minimum atomic E-state index is -0.352. The zero-order valence-electron chi connectivity index (χ0n) is 9.79. The zero-order valence-corrected chi connectivity index (χ0v) is 9.79. The van der Waals surface area contributed by atoms with Crippen molar-refractivity contribution < 1.29 is 9.53 Å². The van der Waals surface area contributed by atoms with Crippen molar-refractivity contribution in [2.75, 3.05) is 0 Å². The lowest BCUT2D eigenvalue weighted by Gasteiger charge is -2.63. The van der Waals surface area contributed by atoms with E-state index >= 15 is 0 Å². The fraction of sp³-hybridized carbons (Fsp3) is 0.917. The highest BCUT2D eigenvalue weighted by Gasteiger charge is 2.62. The summed E-state index contributed by atoms with van der Waals surface area (Å²) < 4.78 is 5.58. The molecule has 16 heavy (non-hydrogen) atoms. The Bertz CT molecular complexity index is 337. The molecule has 4 aliphatic rings. The summed E-state index contributed by atoms with van der Waals surface area (Å²) in [5.41, 5.74) is 12.1. The average Bonchev–Trinajstić information content (AvgIpc) is 1.91. The maximum Gasteiger partial charge on any atom is 0.303 e. The number of esters is 1. The fourth-order valence-electron chi connectivity index (χ4n) is 4.92. The second-order valence-corrected chi connectivity index (χ2v) is 6.51. The van der Waals surface area contributed by atoms with Crippen molar-refractivity contribution in [3.05, 3.63) is 0 Å². The predicted octanol–water partition coefficient (Wildman–Crippen LogP) is 0.681. The van der Waals surface area contributed by atoms with Crippen LogP contribution in [0.5, 0.6) is 0 Å². The molecule has 0 amide bonds. The van der Waals surface area contributed by atoms with Crippen molar-refractivity contribution in [3.8, 4) is 0 Å². The highest BCUT2D eigenvalue weighted by atomic mass is 16.6. The summed E-state index contributed by atoms with van der Waals surface area (Å²) in [7, 11) is 0. The summed E-state index contributed by atoms with van der Waals surface area (Å²) in [5.74, 6) is 0.347. The van der Waals surface area contributed by atoms with Gasteiger partial charge >= 0.3 is 5.97 Å². The van der Waals surface area contributed by atoms with E-state index in [0.717, 1.165) is 38.5 Å². The van der Waals surface area contributed by atoms with Crippen LogP contribution in [0.4, 0.5) is 0 Å². The average molecular weight is 224 g/mol. The van der Waals surface area contributed by atoms with Crippen LogP contribution < -0.4 is 11.5 Å². The Kier molecular flexibility index (Phi) is 1.84. The monoisotopic (exact) mass is 224 g/mol. The topological polar surface area (TPSA) is 78.3 Å². The number of nitrogens with two attached hydrogens (primary N) is 2. The van der Waals surface area contributed by atoms with E-state index in [0.29, 0.717) is 5.92 Å². The molecule has 0 aliphatic heterocycles. The van der Waals surface area contributed by atoms with Crippen molar-refractivity contribution in [1.29, 1.82) is 0 Å². The van der Waals surface area contributed by atoms with Crippen LogP contribution in [-0.2, 0) is 9.53 Å². The van der Waals surface area contributed by atoms with Crippen LogP contribution in [0.2, 0.25) is 0 Å². The molecular formula is C12H20N2O2. The lowest BCUT2D eigenvalue weighted by molar-refractivity contribution is -0.189. The van der Waals surface area contributed by atoms with Crippen LogP contribution >= 0.6 is 0 Å². The van der Waals surface area contributed by atoms with E-state index in [-0.39, 0.29) is 22.6 Å². The van der Waals surface area contributed by atoms with Crippen molar-refractivity contribution in [3.63, 3.8) is 0 Å². The molecule has 4 rings (SSSR count). The van der Waals surface area contributed by atoms with Gasteiger partial charge in [0.1, 0.15) is 5.60 Å². The Labute approximate surface area is 95.7 Å². The molecule has 4 aliphatic carbocycles. The molecule has 0 spiro atoms. The Balaban J connectivity index is 1.95. The van der Waals surface area contributed by atoms with Crippen LogP contribution in [0, 0.1) is 5.92 Å². The number of rotatable bonds is 1. The molecule has 0 aromatic carbocycles. The van der Waals surface area contributed by atoms with Gasteiger partial charge < -0.3 is 16.2 Å². The van der Waals surface area contributed by atoms with Gasteiger partial charge in [-0.25, -0.2) is 0 Å². The number of hydrogen-bond acceptors (Lipinski definition) is 4. The van der Waals surface area contributed by atoms with Crippen LogP contribution in [0.25, 0.3) is 0 Å². The summed E-state index contributed by atoms with van der Waals surface area (Å²) in [5, 5.41) is 0. The molecule has 4 N–H and O–H groups in total. The first-order valence-electron chi connectivity index (χ1n) is 6.10. The predicted molar refractivity (Wildman–Crippen MR) is 59.5 cm³/mol. The highest BCUT2D eigenvalue weighted by Crippen LogP contribution is 2.58. The molecule has 4 nitrogen and oxygen atoms in total. The van der Waals surface area contributed by atoms with Gasteiger partial charge in [-0.15, -0.1) is 0 Å². The molecule has 2 unspecified atom stereocenters. The van der Waals surface area contributed by atoms with Crippen LogP contribution in [0.3, 0.4) is 0 Å². The van der Waals surface area contributed by atoms with E-state index in [1.807, 2.05) is 0 Å². The second-order valence-electron chi connectivity index (χ2n) is 6.51. The molecule has 2 atom stereocenters. The van der Waals surface area contributed by atoms with Gasteiger partial charge in [0, 0.05) is 30.8 Å². The number of carbonyl (C=O) groups is 1. The first-order valence-corrected chi connectivity index (χ1v) is 6.10. The lowest BCUT2D eigenvalue weighted by Crippen LogP contribution is -2.72. The van der Waals surface area contributed by atoms with Gasteiger partial charge in [-0.2, -0.15) is 0 Å². The van der Waals surface area contributed by atoms with Gasteiger partial charge in [-0.3, -0.25) is 4.79 Å². The second kappa shape index (κ2) is 2.79. The van der Waals surface area contributed by atoms with Crippen molar-refractivity contribution in [2.24, 2.45) is 17.4 Å². The summed E-state index contributed by atoms with van der Waals surface area (Å²) >= 11 is 0. The largest absolute Gasteiger partial charge is 0.459 e. The Morgan fingerprint density at radius 2 is 1.69 bits per heavy atom. The van der Waals surface area contributed by atoms with Gasteiger partial charge in [0.15, 0.2) is 0 Å². The van der Waals surface area contributed by atoms with E-state index in [4.69, 9.17) is 16.2 Å². The lowest BCUT2D eigenvalue weighted by atomic mass is 9.48. The Morgan fingerprint density at radius 1 is 1.12 bits per heavy atom. The summed E-state index contributed by atoms with van der Waals surface area (Å²) in [4.78, 5) is 11.2. The third-order valence-electron chi connectivity index (χ3n) is 4.46. The first-order chi connectivity index (χ1) is 7.32. The molecule has 4 heteroatoms. The smallest absolute Gasteiger partial charge is 0.303 e. The van der Waals surface area contributed by atoms with E-state index in [1.54, 1.807) is 0 Å². The molecule has 0 aromatic heterocycles. The van der Waals surface area contributed by atoms with Gasteiger partial charge in [0.05, 0.1) is 0 Å². The molecule has 0 heterocycles. The number of carbonyl (C=O) groups excluding carboxylic acids is 1. The number of ether oxygens (including phenoxy) is 1. The van der Waals surface area contributed by atoms with Crippen molar-refractivity contribution in [2.45, 2.75) is 62.1 Å². The van der Waals surface area contributed by atoms with Gasteiger partial charge in [-0.1, -0.05) is 0 Å². The fourth-order valence-corrected chi connectivity index (χ4v) is 4.92. The maximum atomic E-state index is 11.2. The van der Waals surface area contributed by atoms with Crippen LogP contribution in [-0.4, -0.2) is 22.6 Å². The SMILES string of the molecule is CC(=O)OC12CC3CC(N)(CC(N)(C3)C1)C2. The van der Waals surface area contributed by atoms with Crippen LogP contribution in [0.1, 0.15) is 45.4 Å². The third kappa shape index (κ3) is 1.47. The minimum Gasteiger partial charge on any atom is -0.459 e.